The average Bonchev–Trinajstić information content (AvgIpc) is 2.88. The van der Waals surface area contributed by atoms with Crippen molar-refractivity contribution in [1.29, 1.82) is 0 Å². The van der Waals surface area contributed by atoms with Crippen molar-refractivity contribution in [3.63, 3.8) is 0 Å². The van der Waals surface area contributed by atoms with E-state index in [4.69, 9.17) is 0 Å². The zero-order valence-corrected chi connectivity index (χ0v) is 13.1. The maximum atomic E-state index is 12.6. The molecule has 1 saturated carbocycles. The summed E-state index contributed by atoms with van der Waals surface area (Å²) >= 11 is 0. The maximum Gasteiger partial charge on any atom is 0.320 e. The van der Waals surface area contributed by atoms with E-state index in [1.807, 2.05) is 18.2 Å². The molecule has 6 heteroatoms. The van der Waals surface area contributed by atoms with Crippen LogP contribution in [0.3, 0.4) is 0 Å². The van der Waals surface area contributed by atoms with Crippen molar-refractivity contribution in [2.24, 2.45) is 23.7 Å². The van der Waals surface area contributed by atoms with Gasteiger partial charge in [-0.25, -0.2) is 4.79 Å². The molecule has 124 valence electrons. The zero-order valence-electron chi connectivity index (χ0n) is 13.1. The third-order valence-electron chi connectivity index (χ3n) is 5.28. The minimum atomic E-state index is -0.433. The highest BCUT2D eigenvalue weighted by Crippen LogP contribution is 2.49. The predicted molar refractivity (Wildman–Crippen MR) is 87.7 cm³/mol. The van der Waals surface area contributed by atoms with E-state index in [9.17, 15) is 14.4 Å². The van der Waals surface area contributed by atoms with E-state index in [1.165, 1.54) is 4.90 Å². The Kier molecular flexibility index (Phi) is 3.59. The lowest BCUT2D eigenvalue weighted by Gasteiger charge is -2.38. The number of hydrogen-bond acceptors (Lipinski definition) is 3. The molecule has 3 aliphatic carbocycles. The number of urea groups is 1. The van der Waals surface area contributed by atoms with Gasteiger partial charge in [-0.05, 0) is 36.8 Å². The molecular formula is C18H19N3O3. The van der Waals surface area contributed by atoms with Gasteiger partial charge in [0.2, 0.25) is 11.8 Å². The van der Waals surface area contributed by atoms with Crippen LogP contribution in [0, 0.1) is 23.7 Å². The summed E-state index contributed by atoms with van der Waals surface area (Å²) in [6.45, 7) is -0.0806. The molecule has 24 heavy (non-hydrogen) atoms. The van der Waals surface area contributed by atoms with E-state index in [2.05, 4.69) is 22.8 Å². The highest BCUT2D eigenvalue weighted by Gasteiger charge is 2.56. The number of nitrogens with zero attached hydrogens (tertiary/aromatic N) is 1. The fraction of sp³-hybridized carbons (Fsp3) is 0.389. The normalized spacial score (nSPS) is 30.4. The number of anilines is 1. The van der Waals surface area contributed by atoms with Gasteiger partial charge in [0.15, 0.2) is 0 Å². The van der Waals surface area contributed by atoms with E-state index in [0.29, 0.717) is 5.69 Å². The Morgan fingerprint density at radius 1 is 1.00 bits per heavy atom. The lowest BCUT2D eigenvalue weighted by atomic mass is 9.63. The van der Waals surface area contributed by atoms with Crippen molar-refractivity contribution >= 4 is 23.5 Å². The summed E-state index contributed by atoms with van der Waals surface area (Å²) in [6, 6.07) is 8.59. The molecule has 4 atom stereocenters. The van der Waals surface area contributed by atoms with Crippen LogP contribution in [-0.2, 0) is 9.59 Å². The molecule has 2 fully saturated rings. The first-order chi connectivity index (χ1) is 11.6. The SMILES string of the molecule is O=C(NCN1C(=O)[C@@H]2[C@@H](C1=O)[C@H]1C=C[C@H]2CC1)Nc1ccccc1. The summed E-state index contributed by atoms with van der Waals surface area (Å²) in [4.78, 5) is 38.4. The predicted octanol–water partition coefficient (Wildman–Crippen LogP) is 1.96. The molecule has 4 aliphatic rings. The van der Waals surface area contributed by atoms with Crippen LogP contribution in [0.4, 0.5) is 10.5 Å². The van der Waals surface area contributed by atoms with Crippen molar-refractivity contribution in [3.8, 4) is 0 Å². The second-order valence-corrected chi connectivity index (χ2v) is 6.60. The zero-order chi connectivity index (χ0) is 16.7. The number of hydrogen-bond donors (Lipinski definition) is 2. The molecule has 4 amide bonds. The molecule has 6 nitrogen and oxygen atoms in total. The summed E-state index contributed by atoms with van der Waals surface area (Å²) in [6.07, 6.45) is 6.10. The molecule has 1 heterocycles. The molecule has 1 aromatic carbocycles. The van der Waals surface area contributed by atoms with Gasteiger partial charge < -0.3 is 10.6 Å². The number of likely N-dealkylation sites (tertiary alicyclic amines) is 1. The fourth-order valence-electron chi connectivity index (χ4n) is 4.14. The Balaban J connectivity index is 1.40. The van der Waals surface area contributed by atoms with Crippen molar-refractivity contribution < 1.29 is 14.4 Å². The molecular weight excluding hydrogens is 306 g/mol. The highest BCUT2D eigenvalue weighted by molar-refractivity contribution is 6.06. The van der Waals surface area contributed by atoms with Gasteiger partial charge >= 0.3 is 6.03 Å². The summed E-state index contributed by atoms with van der Waals surface area (Å²) in [7, 11) is 0. The van der Waals surface area contributed by atoms with Crippen LogP contribution in [-0.4, -0.2) is 29.4 Å². The van der Waals surface area contributed by atoms with Crippen LogP contribution in [0.5, 0.6) is 0 Å². The van der Waals surface area contributed by atoms with Crippen LogP contribution in [0.1, 0.15) is 12.8 Å². The lowest BCUT2D eigenvalue weighted by Crippen LogP contribution is -2.43. The second kappa shape index (κ2) is 5.78. The third kappa shape index (κ3) is 2.38. The largest absolute Gasteiger partial charge is 0.320 e. The molecule has 0 aromatic heterocycles. The molecule has 5 rings (SSSR count). The first kappa shape index (κ1) is 14.9. The van der Waals surface area contributed by atoms with Gasteiger partial charge in [0, 0.05) is 5.69 Å². The van der Waals surface area contributed by atoms with Crippen molar-refractivity contribution in [2.75, 3.05) is 12.0 Å². The molecule has 0 radical (unpaired) electrons. The minimum absolute atomic E-state index is 0.0806. The number of rotatable bonds is 3. The van der Waals surface area contributed by atoms with Gasteiger partial charge in [0.25, 0.3) is 0 Å². The van der Waals surface area contributed by atoms with Crippen LogP contribution < -0.4 is 10.6 Å². The number of nitrogens with one attached hydrogen (secondary N) is 2. The summed E-state index contributed by atoms with van der Waals surface area (Å²) in [5, 5.41) is 5.28. The van der Waals surface area contributed by atoms with Crippen LogP contribution in [0.2, 0.25) is 0 Å². The van der Waals surface area contributed by atoms with Crippen LogP contribution in [0.25, 0.3) is 0 Å². The first-order valence-corrected chi connectivity index (χ1v) is 8.28. The number of para-hydroxylation sites is 1. The van der Waals surface area contributed by atoms with Crippen molar-refractivity contribution in [2.45, 2.75) is 12.8 Å². The number of carbonyl (C=O) groups excluding carboxylic acids is 3. The topological polar surface area (TPSA) is 78.5 Å². The molecule has 0 spiro atoms. The second-order valence-electron chi connectivity index (χ2n) is 6.60. The lowest BCUT2D eigenvalue weighted by molar-refractivity contribution is -0.140. The molecule has 1 aromatic rings. The molecule has 2 bridgehead atoms. The number of allylic oxidation sites excluding steroid dienone is 2. The number of benzene rings is 1. The number of carbonyl (C=O) groups is 3. The smallest absolute Gasteiger partial charge is 0.320 e. The maximum absolute atomic E-state index is 12.6. The van der Waals surface area contributed by atoms with Crippen LogP contribution >= 0.6 is 0 Å². The average molecular weight is 325 g/mol. The molecule has 0 unspecified atom stereocenters. The van der Waals surface area contributed by atoms with E-state index < -0.39 is 6.03 Å². The van der Waals surface area contributed by atoms with Gasteiger partial charge in [0.05, 0.1) is 11.8 Å². The van der Waals surface area contributed by atoms with Gasteiger partial charge in [-0.2, -0.15) is 0 Å². The number of fused-ring (bicyclic) bond motifs is 1. The van der Waals surface area contributed by atoms with Gasteiger partial charge in [-0.1, -0.05) is 30.4 Å². The van der Waals surface area contributed by atoms with E-state index >= 15 is 0 Å². The minimum Gasteiger partial charge on any atom is -0.320 e. The van der Waals surface area contributed by atoms with Crippen molar-refractivity contribution in [3.05, 3.63) is 42.5 Å². The quantitative estimate of drug-likeness (QED) is 0.659. The van der Waals surface area contributed by atoms with E-state index in [-0.39, 0.29) is 42.2 Å². The van der Waals surface area contributed by atoms with E-state index in [0.717, 1.165) is 12.8 Å². The standard InChI is InChI=1S/C18H19N3O3/c22-16-14-11-6-7-12(9-8-11)15(14)17(23)21(16)10-19-18(24)20-13-4-2-1-3-5-13/h1-7,11-12,14-15H,8-10H2,(H2,19,20,24)/t11-,12-,14-,15-/m0/s1. The first-order valence-electron chi connectivity index (χ1n) is 8.28. The number of imide groups is 1. The van der Waals surface area contributed by atoms with E-state index in [1.54, 1.807) is 12.1 Å². The number of amides is 4. The van der Waals surface area contributed by atoms with Crippen molar-refractivity contribution in [1.82, 2.24) is 10.2 Å². The summed E-state index contributed by atoms with van der Waals surface area (Å²) in [5.41, 5.74) is 0.657. The van der Waals surface area contributed by atoms with Gasteiger partial charge in [0.1, 0.15) is 6.67 Å². The Bertz CT molecular complexity index is 683. The Hall–Kier alpha value is -2.63. The van der Waals surface area contributed by atoms with Gasteiger partial charge in [-0.15, -0.1) is 0 Å². The summed E-state index contributed by atoms with van der Waals surface area (Å²) in [5.74, 6) is -0.437. The monoisotopic (exact) mass is 325 g/mol. The van der Waals surface area contributed by atoms with Crippen LogP contribution in [0.15, 0.2) is 42.5 Å². The Morgan fingerprint density at radius 2 is 1.58 bits per heavy atom. The Morgan fingerprint density at radius 3 is 2.12 bits per heavy atom. The summed E-state index contributed by atoms with van der Waals surface area (Å²) < 4.78 is 0. The molecule has 1 saturated heterocycles. The fourth-order valence-corrected chi connectivity index (χ4v) is 4.14. The molecule has 2 N–H and O–H groups in total. The highest BCUT2D eigenvalue weighted by atomic mass is 16.2. The Labute approximate surface area is 139 Å². The third-order valence-corrected chi connectivity index (χ3v) is 5.28. The molecule has 1 aliphatic heterocycles. The van der Waals surface area contributed by atoms with Gasteiger partial charge in [-0.3, -0.25) is 14.5 Å².